The van der Waals surface area contributed by atoms with Gasteiger partial charge >= 0.3 is 0 Å². The van der Waals surface area contributed by atoms with Crippen molar-refractivity contribution in [3.63, 3.8) is 0 Å². The first kappa shape index (κ1) is 32.7. The molecule has 2 heterocycles. The molecule has 224 valence electrons. The van der Waals surface area contributed by atoms with Crippen LogP contribution in [0, 0.1) is 13.8 Å². The number of aryl methyl sites for hydroxylation is 2. The van der Waals surface area contributed by atoms with Crippen LogP contribution in [-0.4, -0.2) is 64.2 Å². The molecule has 2 N–H and O–H groups in total. The van der Waals surface area contributed by atoms with Crippen molar-refractivity contribution < 1.29 is 14.7 Å². The number of allylic oxidation sites excluding steroid dienone is 2. The highest BCUT2D eigenvalue weighted by molar-refractivity contribution is 7.97. The van der Waals surface area contributed by atoms with Crippen LogP contribution in [0.3, 0.4) is 0 Å². The number of hydrogen-bond acceptors (Lipinski definition) is 5. The number of aliphatic hydroxyl groups is 1. The Bertz CT molecular complexity index is 980. The summed E-state index contributed by atoms with van der Waals surface area (Å²) in [6, 6.07) is 3.99. The molecule has 0 aromatic heterocycles. The van der Waals surface area contributed by atoms with Crippen LogP contribution in [0.1, 0.15) is 118 Å². The molecule has 2 aliphatic heterocycles. The Morgan fingerprint density at radius 3 is 2.30 bits per heavy atom. The van der Waals surface area contributed by atoms with E-state index in [9.17, 15) is 14.7 Å². The van der Waals surface area contributed by atoms with E-state index in [-0.39, 0.29) is 17.9 Å². The molecule has 0 saturated carbocycles. The predicted molar refractivity (Wildman–Crippen MR) is 167 cm³/mol. The molecule has 7 heteroatoms. The SMILES string of the molecule is CCCCCCCCC/C1=C(\C)CCCCN(SCCc2c(C)cc(C(=O)N3CC(O)C3)cc2C)CCC(=O)N1. The summed E-state index contributed by atoms with van der Waals surface area (Å²) in [5.41, 5.74) is 6.86. The molecule has 2 amide bonds. The lowest BCUT2D eigenvalue weighted by molar-refractivity contribution is -0.120. The van der Waals surface area contributed by atoms with Gasteiger partial charge in [0.2, 0.25) is 5.91 Å². The number of carbonyl (C=O) groups excluding carboxylic acids is 2. The zero-order valence-electron chi connectivity index (χ0n) is 25.5. The van der Waals surface area contributed by atoms with Crippen LogP contribution in [0.4, 0.5) is 0 Å². The first-order chi connectivity index (χ1) is 19.3. The van der Waals surface area contributed by atoms with Crippen LogP contribution in [0.2, 0.25) is 0 Å². The van der Waals surface area contributed by atoms with Crippen LogP contribution < -0.4 is 5.32 Å². The lowest BCUT2D eigenvalue weighted by Gasteiger charge is -2.36. The van der Waals surface area contributed by atoms with Gasteiger partial charge < -0.3 is 15.3 Å². The summed E-state index contributed by atoms with van der Waals surface area (Å²) < 4.78 is 2.38. The van der Waals surface area contributed by atoms with Gasteiger partial charge in [0.25, 0.3) is 5.91 Å². The number of amides is 2. The molecular weight excluding hydrogens is 518 g/mol. The van der Waals surface area contributed by atoms with Gasteiger partial charge in [0.1, 0.15) is 0 Å². The van der Waals surface area contributed by atoms with Crippen LogP contribution in [0.25, 0.3) is 0 Å². The number of likely N-dealkylation sites (tertiary alicyclic amines) is 1. The molecule has 0 radical (unpaired) electrons. The minimum absolute atomic E-state index is 0.00882. The monoisotopic (exact) mass is 571 g/mol. The van der Waals surface area contributed by atoms with E-state index >= 15 is 0 Å². The summed E-state index contributed by atoms with van der Waals surface area (Å²) in [5.74, 6) is 1.11. The highest BCUT2D eigenvalue weighted by Crippen LogP contribution is 2.24. The van der Waals surface area contributed by atoms with Crippen molar-refractivity contribution in [2.24, 2.45) is 0 Å². The topological polar surface area (TPSA) is 72.9 Å². The number of β-amino-alcohol motifs (C(OH)–C–C–N with tert-alkyl or cyclic N) is 1. The van der Waals surface area contributed by atoms with Gasteiger partial charge in [0, 0.05) is 49.6 Å². The van der Waals surface area contributed by atoms with Gasteiger partial charge in [-0.05, 0) is 88.1 Å². The Morgan fingerprint density at radius 1 is 0.950 bits per heavy atom. The molecule has 6 nitrogen and oxygen atoms in total. The average Bonchev–Trinajstić information content (AvgIpc) is 2.93. The molecule has 0 aliphatic carbocycles. The van der Waals surface area contributed by atoms with Gasteiger partial charge in [-0.2, -0.15) is 0 Å². The second-order valence-corrected chi connectivity index (χ2v) is 13.0. The smallest absolute Gasteiger partial charge is 0.254 e. The minimum Gasteiger partial charge on any atom is -0.389 e. The Kier molecular flexibility index (Phi) is 14.1. The third-order valence-corrected chi connectivity index (χ3v) is 9.47. The molecule has 0 atom stereocenters. The fraction of sp³-hybridized carbons (Fsp3) is 0.697. The predicted octanol–water partition coefficient (Wildman–Crippen LogP) is 6.72. The van der Waals surface area contributed by atoms with E-state index in [0.717, 1.165) is 68.5 Å². The van der Waals surface area contributed by atoms with Crippen LogP contribution in [-0.2, 0) is 11.2 Å². The number of hydrogen-bond donors (Lipinski definition) is 2. The van der Waals surface area contributed by atoms with Crippen molar-refractivity contribution >= 4 is 23.8 Å². The van der Waals surface area contributed by atoms with Gasteiger partial charge in [-0.1, -0.05) is 63.0 Å². The molecule has 40 heavy (non-hydrogen) atoms. The maximum Gasteiger partial charge on any atom is 0.254 e. The van der Waals surface area contributed by atoms with Crippen molar-refractivity contribution in [2.75, 3.05) is 31.9 Å². The maximum atomic E-state index is 12.9. The molecular formula is C33H53N3O3S. The summed E-state index contributed by atoms with van der Waals surface area (Å²) in [4.78, 5) is 27.3. The average molecular weight is 572 g/mol. The Morgan fingerprint density at radius 2 is 1.62 bits per heavy atom. The highest BCUT2D eigenvalue weighted by Gasteiger charge is 2.29. The van der Waals surface area contributed by atoms with Crippen molar-refractivity contribution in [1.29, 1.82) is 0 Å². The van der Waals surface area contributed by atoms with Gasteiger partial charge in [-0.3, -0.25) is 13.9 Å². The number of carbonyl (C=O) groups is 2. The normalized spacial score (nSPS) is 19.7. The molecule has 0 bridgehead atoms. The van der Waals surface area contributed by atoms with Gasteiger partial charge in [-0.15, -0.1) is 0 Å². The minimum atomic E-state index is -0.382. The molecule has 1 fully saturated rings. The van der Waals surface area contributed by atoms with E-state index in [1.165, 1.54) is 55.4 Å². The molecule has 2 aliphatic rings. The number of nitrogens with zero attached hydrogens (tertiary/aromatic N) is 2. The summed E-state index contributed by atoms with van der Waals surface area (Å²) in [6.45, 7) is 11.3. The quantitative estimate of drug-likeness (QED) is 0.203. The zero-order valence-corrected chi connectivity index (χ0v) is 26.3. The number of rotatable bonds is 13. The van der Waals surface area contributed by atoms with E-state index < -0.39 is 0 Å². The summed E-state index contributed by atoms with van der Waals surface area (Å²) in [5, 5.41) is 12.8. The van der Waals surface area contributed by atoms with Crippen LogP contribution in [0.5, 0.6) is 0 Å². The first-order valence-corrected chi connectivity index (χ1v) is 16.7. The molecule has 1 aromatic carbocycles. The van der Waals surface area contributed by atoms with E-state index in [2.05, 4.69) is 37.3 Å². The number of benzene rings is 1. The first-order valence-electron chi connectivity index (χ1n) is 15.7. The number of nitrogens with one attached hydrogen (secondary N) is 1. The fourth-order valence-corrected chi connectivity index (χ4v) is 6.79. The van der Waals surface area contributed by atoms with E-state index in [4.69, 9.17) is 0 Å². The van der Waals surface area contributed by atoms with Crippen molar-refractivity contribution in [3.05, 3.63) is 45.7 Å². The number of aliphatic hydroxyl groups excluding tert-OH is 1. The van der Waals surface area contributed by atoms with E-state index in [1.54, 1.807) is 4.90 Å². The van der Waals surface area contributed by atoms with E-state index in [1.807, 2.05) is 24.1 Å². The highest BCUT2D eigenvalue weighted by atomic mass is 32.2. The molecule has 0 unspecified atom stereocenters. The lowest BCUT2D eigenvalue weighted by atomic mass is 9.96. The van der Waals surface area contributed by atoms with Crippen LogP contribution in [0.15, 0.2) is 23.4 Å². The Hall–Kier alpha value is -1.83. The van der Waals surface area contributed by atoms with Gasteiger partial charge in [-0.25, -0.2) is 0 Å². The molecule has 1 aromatic rings. The number of unbranched alkanes of at least 4 members (excludes halogenated alkanes) is 6. The Labute approximate surface area is 247 Å². The van der Waals surface area contributed by atoms with Crippen LogP contribution >= 0.6 is 11.9 Å². The molecule has 3 rings (SSSR count). The maximum absolute atomic E-state index is 12.9. The van der Waals surface area contributed by atoms with Crippen molar-refractivity contribution in [1.82, 2.24) is 14.5 Å². The molecule has 1 saturated heterocycles. The largest absolute Gasteiger partial charge is 0.389 e. The standard InChI is InChI=1S/C33H53N3O3S/c1-5-6-7-8-9-10-11-15-31-25(2)14-12-13-18-36(19-16-32(38)34-31)40-20-17-30-26(3)21-28(22-27(30)4)33(39)35-23-29(37)24-35/h21-22,29,37H,5-20,23-24H2,1-4H3,(H,34,38)/b31-25-. The zero-order chi connectivity index (χ0) is 28.9. The van der Waals surface area contributed by atoms with Crippen molar-refractivity contribution in [3.8, 4) is 0 Å². The third-order valence-electron chi connectivity index (χ3n) is 8.35. The lowest BCUT2D eigenvalue weighted by Crippen LogP contribution is -2.53. The fourth-order valence-electron chi connectivity index (χ4n) is 5.76. The summed E-state index contributed by atoms with van der Waals surface area (Å²) in [6.07, 6.45) is 14.5. The second-order valence-electron chi connectivity index (χ2n) is 11.9. The summed E-state index contributed by atoms with van der Waals surface area (Å²) >= 11 is 1.85. The third kappa shape index (κ3) is 10.5. The van der Waals surface area contributed by atoms with Gasteiger partial charge in [0.15, 0.2) is 0 Å². The second kappa shape index (κ2) is 17.2. The van der Waals surface area contributed by atoms with Crippen molar-refractivity contribution in [2.45, 2.75) is 117 Å². The molecule has 0 spiro atoms. The summed E-state index contributed by atoms with van der Waals surface area (Å²) in [7, 11) is 0. The van der Waals surface area contributed by atoms with Gasteiger partial charge in [0.05, 0.1) is 6.10 Å². The van der Waals surface area contributed by atoms with E-state index in [0.29, 0.717) is 25.1 Å². The Balaban J connectivity index is 1.45.